The number of rotatable bonds is 7. The van der Waals surface area contributed by atoms with Crippen molar-refractivity contribution in [1.82, 2.24) is 35.7 Å². The quantitative estimate of drug-likeness (QED) is 0.307. The first-order valence-corrected chi connectivity index (χ1v) is 18.4. The molecule has 0 unspecified atom stereocenters. The standard InChI is InChI=1S/C38H47N7O8/c1-23(2)31(42-32(46)29-20-39-15-16-40-29)34(48)41-28-13-7-5-3-4-6-12-26-19-38(26,36(50)51)43-33(47)30-18-27(22-45(30)35(28)49)53-37(52)44-17-14-24-10-8-9-11-25(24)21-44/h6,8-12,15-16,20,23,26-28,30-31H,3-5,7,13-14,17-19,21-22H2,1-2H3,(H,41,48)(H,42,46)(H,43,47)(H,50,51)/b12-6-/t26-,27+,28-,30-,31+,38+/m0/s1. The molecule has 1 aliphatic carbocycles. The third-order valence-electron chi connectivity index (χ3n) is 10.6. The van der Waals surface area contributed by atoms with Crippen LogP contribution in [0.4, 0.5) is 4.79 Å². The Bertz CT molecular complexity index is 1750. The maximum atomic E-state index is 14.5. The SMILES string of the molecule is CC(C)[C@@H](NC(=O)c1cnccn1)C(=O)N[C@H]1CCCCC/C=C\[C@H]2C[C@@]2(C(=O)O)NC(=O)[C@@H]2C[C@@H](OC(=O)N3CCc4ccccc4C3)CN2C1=O. The summed E-state index contributed by atoms with van der Waals surface area (Å²) in [5.74, 6) is -4.34. The fourth-order valence-electron chi connectivity index (χ4n) is 7.44. The van der Waals surface area contributed by atoms with Gasteiger partial charge in [-0.15, -0.1) is 0 Å². The van der Waals surface area contributed by atoms with Gasteiger partial charge < -0.3 is 35.6 Å². The summed E-state index contributed by atoms with van der Waals surface area (Å²) >= 11 is 0. The molecule has 15 heteroatoms. The van der Waals surface area contributed by atoms with Gasteiger partial charge in [-0.1, -0.05) is 63.1 Å². The Balaban J connectivity index is 1.23. The summed E-state index contributed by atoms with van der Waals surface area (Å²) in [6, 6.07) is 4.59. The molecule has 4 aliphatic rings. The van der Waals surface area contributed by atoms with Crippen molar-refractivity contribution in [3.63, 3.8) is 0 Å². The average Bonchev–Trinajstić information content (AvgIpc) is 3.69. The molecule has 6 atom stereocenters. The third kappa shape index (κ3) is 8.50. The summed E-state index contributed by atoms with van der Waals surface area (Å²) in [6.45, 7) is 4.21. The summed E-state index contributed by atoms with van der Waals surface area (Å²) in [7, 11) is 0. The van der Waals surface area contributed by atoms with E-state index in [9.17, 15) is 33.9 Å². The number of hydrogen-bond donors (Lipinski definition) is 4. The maximum Gasteiger partial charge on any atom is 0.410 e. The predicted molar refractivity (Wildman–Crippen MR) is 190 cm³/mol. The molecule has 53 heavy (non-hydrogen) atoms. The second-order valence-corrected chi connectivity index (χ2v) is 14.7. The van der Waals surface area contributed by atoms with Gasteiger partial charge in [-0.05, 0) is 49.1 Å². The van der Waals surface area contributed by atoms with Crippen LogP contribution >= 0.6 is 0 Å². The van der Waals surface area contributed by atoms with Crippen molar-refractivity contribution in [2.45, 2.75) is 102 Å². The minimum Gasteiger partial charge on any atom is -0.479 e. The molecule has 1 aromatic heterocycles. The highest BCUT2D eigenvalue weighted by atomic mass is 16.6. The molecule has 1 saturated heterocycles. The average molecular weight is 730 g/mol. The first-order chi connectivity index (χ1) is 25.5. The largest absolute Gasteiger partial charge is 0.479 e. The molecule has 1 saturated carbocycles. The van der Waals surface area contributed by atoms with Gasteiger partial charge in [0.2, 0.25) is 17.7 Å². The van der Waals surface area contributed by atoms with E-state index in [1.165, 1.54) is 23.5 Å². The molecular weight excluding hydrogens is 682 g/mol. The Morgan fingerprint density at radius 1 is 1.08 bits per heavy atom. The molecule has 2 fully saturated rings. The van der Waals surface area contributed by atoms with E-state index in [4.69, 9.17) is 4.74 Å². The van der Waals surface area contributed by atoms with E-state index in [0.29, 0.717) is 32.4 Å². The number of carbonyl (C=O) groups is 6. The van der Waals surface area contributed by atoms with Crippen molar-refractivity contribution in [2.24, 2.45) is 11.8 Å². The second-order valence-electron chi connectivity index (χ2n) is 14.7. The third-order valence-corrected chi connectivity index (χ3v) is 10.6. The van der Waals surface area contributed by atoms with E-state index in [1.807, 2.05) is 36.4 Å². The monoisotopic (exact) mass is 729 g/mol. The van der Waals surface area contributed by atoms with Crippen molar-refractivity contribution in [3.05, 3.63) is 71.8 Å². The normalized spacial score (nSPS) is 27.1. The van der Waals surface area contributed by atoms with Gasteiger partial charge in [0.15, 0.2) is 0 Å². The van der Waals surface area contributed by atoms with Gasteiger partial charge in [0.25, 0.3) is 5.91 Å². The lowest BCUT2D eigenvalue weighted by Gasteiger charge is -2.31. The van der Waals surface area contributed by atoms with E-state index in [0.717, 1.165) is 24.0 Å². The maximum absolute atomic E-state index is 14.5. The van der Waals surface area contributed by atoms with E-state index in [1.54, 1.807) is 18.7 Å². The molecule has 6 rings (SSSR count). The lowest BCUT2D eigenvalue weighted by atomic mass is 10.0. The number of allylic oxidation sites excluding steroid dienone is 1. The van der Waals surface area contributed by atoms with Gasteiger partial charge in [0.1, 0.15) is 35.5 Å². The van der Waals surface area contributed by atoms with E-state index in [-0.39, 0.29) is 37.4 Å². The molecule has 5 amide bonds. The van der Waals surface area contributed by atoms with E-state index in [2.05, 4.69) is 25.9 Å². The van der Waals surface area contributed by atoms with Gasteiger partial charge in [0, 0.05) is 37.8 Å². The number of ether oxygens (including phenoxy) is 1. The minimum atomic E-state index is -1.50. The fraction of sp³-hybridized carbons (Fsp3) is 0.526. The molecule has 2 aromatic rings. The number of fused-ring (bicyclic) bond motifs is 3. The lowest BCUT2D eigenvalue weighted by molar-refractivity contribution is -0.146. The molecule has 0 bridgehead atoms. The molecule has 1 aromatic carbocycles. The van der Waals surface area contributed by atoms with Gasteiger partial charge in [-0.2, -0.15) is 0 Å². The summed E-state index contributed by atoms with van der Waals surface area (Å²) < 4.78 is 5.93. The van der Waals surface area contributed by atoms with Gasteiger partial charge in [0.05, 0.1) is 12.7 Å². The number of carboxylic acid groups (broad SMARTS) is 1. The van der Waals surface area contributed by atoms with Crippen molar-refractivity contribution >= 4 is 35.7 Å². The Labute approximate surface area is 307 Å². The molecule has 4 heterocycles. The number of amides is 5. The van der Waals surface area contributed by atoms with Crippen LogP contribution in [0.3, 0.4) is 0 Å². The number of aromatic nitrogens is 2. The van der Waals surface area contributed by atoms with Gasteiger partial charge in [-0.25, -0.2) is 14.6 Å². The smallest absolute Gasteiger partial charge is 0.410 e. The lowest BCUT2D eigenvalue weighted by Crippen LogP contribution is -2.58. The zero-order valence-corrected chi connectivity index (χ0v) is 30.0. The van der Waals surface area contributed by atoms with Crippen molar-refractivity contribution in [2.75, 3.05) is 13.1 Å². The number of hydrogen-bond acceptors (Lipinski definition) is 9. The van der Waals surface area contributed by atoms with Crippen LogP contribution in [0, 0.1) is 11.8 Å². The molecule has 3 aliphatic heterocycles. The minimum absolute atomic E-state index is 0.0299. The fourth-order valence-corrected chi connectivity index (χ4v) is 7.44. The number of carbonyl (C=O) groups excluding carboxylic acids is 5. The van der Waals surface area contributed by atoms with Crippen molar-refractivity contribution < 1.29 is 38.6 Å². The van der Waals surface area contributed by atoms with Crippen molar-refractivity contribution in [1.29, 1.82) is 0 Å². The topological polar surface area (TPSA) is 200 Å². The van der Waals surface area contributed by atoms with Crippen LogP contribution in [-0.2, 0) is 36.9 Å². The summed E-state index contributed by atoms with van der Waals surface area (Å²) in [6.07, 6.45) is 10.3. The van der Waals surface area contributed by atoms with Crippen LogP contribution < -0.4 is 16.0 Å². The molecule has 15 nitrogen and oxygen atoms in total. The summed E-state index contributed by atoms with van der Waals surface area (Å²) in [5, 5.41) is 18.4. The Hall–Kier alpha value is -5.34. The Kier molecular flexibility index (Phi) is 11.4. The van der Waals surface area contributed by atoms with Crippen LogP contribution in [0.25, 0.3) is 0 Å². The van der Waals surface area contributed by atoms with Crippen LogP contribution in [0.15, 0.2) is 55.0 Å². The number of nitrogens with zero attached hydrogens (tertiary/aromatic N) is 4. The van der Waals surface area contributed by atoms with E-state index >= 15 is 0 Å². The van der Waals surface area contributed by atoms with Gasteiger partial charge in [-0.3, -0.25) is 24.2 Å². The van der Waals surface area contributed by atoms with Crippen LogP contribution in [0.2, 0.25) is 0 Å². The number of carboxylic acids is 1. The van der Waals surface area contributed by atoms with Crippen LogP contribution in [-0.4, -0.2) is 103 Å². The van der Waals surface area contributed by atoms with Crippen molar-refractivity contribution in [3.8, 4) is 0 Å². The Morgan fingerprint density at radius 2 is 1.87 bits per heavy atom. The number of aliphatic carboxylic acids is 1. The number of benzene rings is 1. The highest BCUT2D eigenvalue weighted by molar-refractivity contribution is 5.98. The molecule has 0 spiro atoms. The highest BCUT2D eigenvalue weighted by Gasteiger charge is 2.61. The second kappa shape index (κ2) is 16.1. The molecule has 0 radical (unpaired) electrons. The first kappa shape index (κ1) is 37.4. The predicted octanol–water partition coefficient (Wildman–Crippen LogP) is 2.36. The van der Waals surface area contributed by atoms with Crippen LogP contribution in [0.5, 0.6) is 0 Å². The first-order valence-electron chi connectivity index (χ1n) is 18.4. The Morgan fingerprint density at radius 3 is 2.60 bits per heavy atom. The highest BCUT2D eigenvalue weighted by Crippen LogP contribution is 2.45. The summed E-state index contributed by atoms with van der Waals surface area (Å²) in [5.41, 5.74) is 0.704. The van der Waals surface area contributed by atoms with E-state index < -0.39 is 71.4 Å². The summed E-state index contributed by atoms with van der Waals surface area (Å²) in [4.78, 5) is 92.0. The number of nitrogens with one attached hydrogen (secondary N) is 3. The molecular formula is C38H47N7O8. The van der Waals surface area contributed by atoms with Gasteiger partial charge >= 0.3 is 12.1 Å². The zero-order valence-electron chi connectivity index (χ0n) is 30.0. The molecule has 282 valence electrons. The molecule has 4 N–H and O–H groups in total. The zero-order chi connectivity index (χ0) is 37.7. The van der Waals surface area contributed by atoms with Crippen LogP contribution in [0.1, 0.15) is 80.4 Å².